The Kier molecular flexibility index (Phi) is 4.69. The highest BCUT2D eigenvalue weighted by atomic mass is 16.2. The SMILES string of the molecule is NC(=O)c1ccc(/C=C/C(=O)N2CCCC2Cn2cncn2)cc1. The molecule has 0 saturated carbocycles. The lowest BCUT2D eigenvalue weighted by molar-refractivity contribution is -0.126. The maximum absolute atomic E-state index is 12.5. The van der Waals surface area contributed by atoms with E-state index in [0.717, 1.165) is 24.9 Å². The standard InChI is InChI=1S/C17H19N5O2/c18-17(24)14-6-3-13(4-7-14)5-8-16(23)22-9-1-2-15(22)10-21-12-19-11-20-21/h3-8,11-12,15H,1-2,9-10H2,(H2,18,24)/b8-5+. The number of rotatable bonds is 5. The molecule has 7 heteroatoms. The highest BCUT2D eigenvalue weighted by molar-refractivity contribution is 5.94. The maximum Gasteiger partial charge on any atom is 0.248 e. The van der Waals surface area contributed by atoms with Gasteiger partial charge in [0.1, 0.15) is 12.7 Å². The summed E-state index contributed by atoms with van der Waals surface area (Å²) in [6, 6.07) is 6.97. The van der Waals surface area contributed by atoms with Crippen LogP contribution < -0.4 is 5.73 Å². The van der Waals surface area contributed by atoms with Gasteiger partial charge in [0.05, 0.1) is 12.6 Å². The third-order valence-corrected chi connectivity index (χ3v) is 4.14. The first kappa shape index (κ1) is 15.9. The smallest absolute Gasteiger partial charge is 0.248 e. The van der Waals surface area contributed by atoms with Crippen LogP contribution in [0.3, 0.4) is 0 Å². The average molecular weight is 325 g/mol. The van der Waals surface area contributed by atoms with E-state index in [1.807, 2.05) is 4.90 Å². The zero-order chi connectivity index (χ0) is 16.9. The summed E-state index contributed by atoms with van der Waals surface area (Å²) in [5.74, 6) is -0.480. The zero-order valence-corrected chi connectivity index (χ0v) is 13.2. The van der Waals surface area contributed by atoms with Gasteiger partial charge < -0.3 is 10.6 Å². The van der Waals surface area contributed by atoms with Crippen molar-refractivity contribution < 1.29 is 9.59 Å². The van der Waals surface area contributed by atoms with E-state index in [1.165, 1.54) is 6.33 Å². The highest BCUT2D eigenvalue weighted by Gasteiger charge is 2.27. The number of nitrogens with zero attached hydrogens (tertiary/aromatic N) is 4. The van der Waals surface area contributed by atoms with Gasteiger partial charge in [-0.2, -0.15) is 5.10 Å². The predicted molar refractivity (Wildman–Crippen MR) is 88.8 cm³/mol. The van der Waals surface area contributed by atoms with E-state index in [1.54, 1.807) is 47.4 Å². The molecular weight excluding hydrogens is 306 g/mol. The number of carbonyl (C=O) groups excluding carboxylic acids is 2. The van der Waals surface area contributed by atoms with Crippen molar-refractivity contribution in [1.82, 2.24) is 19.7 Å². The van der Waals surface area contributed by atoms with Crippen molar-refractivity contribution in [3.63, 3.8) is 0 Å². The number of hydrogen-bond donors (Lipinski definition) is 1. The third-order valence-electron chi connectivity index (χ3n) is 4.14. The molecule has 124 valence electrons. The molecule has 2 N–H and O–H groups in total. The minimum atomic E-state index is -0.463. The van der Waals surface area contributed by atoms with Gasteiger partial charge in [-0.25, -0.2) is 4.98 Å². The van der Waals surface area contributed by atoms with Crippen molar-refractivity contribution in [3.05, 3.63) is 54.1 Å². The molecule has 2 aromatic rings. The van der Waals surface area contributed by atoms with Crippen LogP contribution in [0.25, 0.3) is 6.08 Å². The maximum atomic E-state index is 12.5. The molecule has 2 heterocycles. The Balaban J connectivity index is 1.63. The Morgan fingerprint density at radius 3 is 2.75 bits per heavy atom. The third kappa shape index (κ3) is 3.68. The van der Waals surface area contributed by atoms with E-state index < -0.39 is 5.91 Å². The minimum Gasteiger partial charge on any atom is -0.366 e. The summed E-state index contributed by atoms with van der Waals surface area (Å²) in [6.07, 6.45) is 8.43. The van der Waals surface area contributed by atoms with E-state index in [-0.39, 0.29) is 11.9 Å². The van der Waals surface area contributed by atoms with Crippen LogP contribution in [0.5, 0.6) is 0 Å². The molecule has 0 spiro atoms. The fourth-order valence-corrected chi connectivity index (χ4v) is 2.88. The van der Waals surface area contributed by atoms with Crippen LogP contribution in [0, 0.1) is 0 Å². The van der Waals surface area contributed by atoms with E-state index >= 15 is 0 Å². The van der Waals surface area contributed by atoms with Gasteiger partial charge in [0.25, 0.3) is 0 Å². The summed E-state index contributed by atoms with van der Waals surface area (Å²) in [6.45, 7) is 1.41. The number of amides is 2. The summed E-state index contributed by atoms with van der Waals surface area (Å²) >= 11 is 0. The first-order valence-electron chi connectivity index (χ1n) is 7.84. The predicted octanol–water partition coefficient (Wildman–Crippen LogP) is 1.08. The summed E-state index contributed by atoms with van der Waals surface area (Å²) in [5, 5.41) is 4.10. The van der Waals surface area contributed by atoms with Crippen molar-refractivity contribution in [1.29, 1.82) is 0 Å². The van der Waals surface area contributed by atoms with E-state index in [0.29, 0.717) is 12.1 Å². The van der Waals surface area contributed by atoms with Crippen molar-refractivity contribution >= 4 is 17.9 Å². The van der Waals surface area contributed by atoms with Crippen LogP contribution in [-0.4, -0.2) is 44.1 Å². The Morgan fingerprint density at radius 1 is 1.29 bits per heavy atom. The van der Waals surface area contributed by atoms with Gasteiger partial charge in [-0.3, -0.25) is 14.3 Å². The van der Waals surface area contributed by atoms with Crippen LogP contribution in [0.4, 0.5) is 0 Å². The van der Waals surface area contributed by atoms with Gasteiger partial charge in [0.15, 0.2) is 0 Å². The molecule has 1 aliphatic rings. The lowest BCUT2D eigenvalue weighted by Crippen LogP contribution is -2.37. The molecule has 0 radical (unpaired) electrons. The van der Waals surface area contributed by atoms with Gasteiger partial charge in [-0.15, -0.1) is 0 Å². The lowest BCUT2D eigenvalue weighted by Gasteiger charge is -2.23. The molecule has 0 aliphatic carbocycles. The molecular formula is C17H19N5O2. The van der Waals surface area contributed by atoms with Crippen molar-refractivity contribution in [3.8, 4) is 0 Å². The normalized spacial score (nSPS) is 17.5. The average Bonchev–Trinajstić information content (AvgIpc) is 3.25. The van der Waals surface area contributed by atoms with Crippen molar-refractivity contribution in [2.45, 2.75) is 25.4 Å². The van der Waals surface area contributed by atoms with Crippen LogP contribution in [0.15, 0.2) is 43.0 Å². The van der Waals surface area contributed by atoms with E-state index in [2.05, 4.69) is 10.1 Å². The van der Waals surface area contributed by atoms with Crippen LogP contribution >= 0.6 is 0 Å². The second-order valence-corrected chi connectivity index (χ2v) is 5.76. The van der Waals surface area contributed by atoms with Crippen molar-refractivity contribution in [2.24, 2.45) is 5.73 Å². The summed E-state index contributed by atoms with van der Waals surface area (Å²) in [5.41, 5.74) is 6.51. The molecule has 1 aromatic heterocycles. The minimum absolute atomic E-state index is 0.0170. The highest BCUT2D eigenvalue weighted by Crippen LogP contribution is 2.19. The largest absolute Gasteiger partial charge is 0.366 e. The Hall–Kier alpha value is -2.96. The van der Waals surface area contributed by atoms with E-state index in [4.69, 9.17) is 5.73 Å². The summed E-state index contributed by atoms with van der Waals surface area (Å²) in [7, 11) is 0. The summed E-state index contributed by atoms with van der Waals surface area (Å²) < 4.78 is 1.75. The van der Waals surface area contributed by atoms with Gasteiger partial charge in [-0.1, -0.05) is 12.1 Å². The second-order valence-electron chi connectivity index (χ2n) is 5.76. The Morgan fingerprint density at radius 2 is 2.08 bits per heavy atom. The summed E-state index contributed by atoms with van der Waals surface area (Å²) in [4.78, 5) is 29.3. The number of likely N-dealkylation sites (tertiary alicyclic amines) is 1. The molecule has 2 amide bonds. The number of nitrogens with two attached hydrogens (primary N) is 1. The molecule has 7 nitrogen and oxygen atoms in total. The monoisotopic (exact) mass is 325 g/mol. The zero-order valence-electron chi connectivity index (χ0n) is 13.2. The second kappa shape index (κ2) is 7.08. The molecule has 3 rings (SSSR count). The van der Waals surface area contributed by atoms with Gasteiger partial charge in [-0.05, 0) is 36.6 Å². The number of carbonyl (C=O) groups is 2. The molecule has 1 aromatic carbocycles. The molecule has 1 unspecified atom stereocenters. The van der Waals surface area contributed by atoms with Crippen LogP contribution in [-0.2, 0) is 11.3 Å². The van der Waals surface area contributed by atoms with Crippen LogP contribution in [0.2, 0.25) is 0 Å². The van der Waals surface area contributed by atoms with Crippen molar-refractivity contribution in [2.75, 3.05) is 6.54 Å². The number of benzene rings is 1. The van der Waals surface area contributed by atoms with Gasteiger partial charge in [0, 0.05) is 18.2 Å². The lowest BCUT2D eigenvalue weighted by atomic mass is 10.1. The molecule has 1 atom stereocenters. The van der Waals surface area contributed by atoms with E-state index in [9.17, 15) is 9.59 Å². The Labute approximate surface area is 139 Å². The quantitative estimate of drug-likeness (QED) is 0.832. The first-order valence-corrected chi connectivity index (χ1v) is 7.84. The molecule has 1 fully saturated rings. The molecule has 1 saturated heterocycles. The Bertz CT molecular complexity index is 737. The van der Waals surface area contributed by atoms with Crippen LogP contribution in [0.1, 0.15) is 28.8 Å². The molecule has 24 heavy (non-hydrogen) atoms. The topological polar surface area (TPSA) is 94.1 Å². The number of primary amides is 1. The molecule has 1 aliphatic heterocycles. The van der Waals surface area contributed by atoms with Gasteiger partial charge in [0.2, 0.25) is 11.8 Å². The van der Waals surface area contributed by atoms with Gasteiger partial charge >= 0.3 is 0 Å². The number of hydrogen-bond acceptors (Lipinski definition) is 4. The first-order chi connectivity index (χ1) is 11.6. The number of aromatic nitrogens is 3. The molecule has 0 bridgehead atoms. The fraction of sp³-hybridized carbons (Fsp3) is 0.294. The fourth-order valence-electron chi connectivity index (χ4n) is 2.88.